The van der Waals surface area contributed by atoms with Crippen LogP contribution < -0.4 is 4.90 Å². The second-order valence-corrected chi connectivity index (χ2v) is 4.03. The summed E-state index contributed by atoms with van der Waals surface area (Å²) in [4.78, 5) is 20.5. The Bertz CT molecular complexity index is 587. The fourth-order valence-corrected chi connectivity index (χ4v) is 1.59. The molecule has 6 heteroatoms. The molecule has 2 rings (SSSR count). The van der Waals surface area contributed by atoms with Crippen LogP contribution in [0, 0.1) is 5.82 Å². The summed E-state index contributed by atoms with van der Waals surface area (Å²) in [5.41, 5.74) is 0.823. The number of anilines is 1. The van der Waals surface area contributed by atoms with Crippen LogP contribution in [0.25, 0.3) is 0 Å². The number of carboxylic acids is 1. The number of halogens is 1. The van der Waals surface area contributed by atoms with Crippen molar-refractivity contribution in [1.82, 2.24) is 9.97 Å². The van der Waals surface area contributed by atoms with Crippen molar-refractivity contribution >= 4 is 11.9 Å². The highest BCUT2D eigenvalue weighted by molar-refractivity contribution is 5.85. The zero-order valence-corrected chi connectivity index (χ0v) is 10.2. The van der Waals surface area contributed by atoms with Crippen LogP contribution in [-0.4, -0.2) is 28.1 Å². The molecule has 0 saturated carbocycles. The maximum absolute atomic E-state index is 12.8. The van der Waals surface area contributed by atoms with Crippen LogP contribution in [0.3, 0.4) is 0 Å². The van der Waals surface area contributed by atoms with Crippen LogP contribution in [0.2, 0.25) is 0 Å². The van der Waals surface area contributed by atoms with Crippen molar-refractivity contribution in [1.29, 1.82) is 0 Å². The van der Waals surface area contributed by atoms with Gasteiger partial charge in [-0.1, -0.05) is 12.1 Å². The zero-order valence-electron chi connectivity index (χ0n) is 10.2. The number of rotatable bonds is 4. The molecule has 2 aromatic rings. The molecule has 98 valence electrons. The topological polar surface area (TPSA) is 66.3 Å². The highest BCUT2D eigenvalue weighted by atomic mass is 19.1. The first-order chi connectivity index (χ1) is 9.06. The lowest BCUT2D eigenvalue weighted by atomic mass is 10.2. The minimum atomic E-state index is -1.10. The molecule has 0 unspecified atom stereocenters. The molecule has 1 aromatic carbocycles. The first kappa shape index (κ1) is 12.9. The van der Waals surface area contributed by atoms with Crippen LogP contribution in [0.5, 0.6) is 0 Å². The number of carboxylic acid groups (broad SMARTS) is 1. The van der Waals surface area contributed by atoms with Crippen molar-refractivity contribution in [2.75, 3.05) is 11.9 Å². The van der Waals surface area contributed by atoms with E-state index >= 15 is 0 Å². The molecule has 0 radical (unpaired) electrons. The molecule has 0 spiro atoms. The van der Waals surface area contributed by atoms with Gasteiger partial charge in [-0.25, -0.2) is 19.2 Å². The Labute approximate surface area is 109 Å². The summed E-state index contributed by atoms with van der Waals surface area (Å²) in [5.74, 6) is -1.08. The molecule has 0 fully saturated rings. The van der Waals surface area contributed by atoms with Gasteiger partial charge in [0.1, 0.15) is 5.82 Å². The molecule has 0 bridgehead atoms. The van der Waals surface area contributed by atoms with Crippen molar-refractivity contribution < 1.29 is 14.3 Å². The van der Waals surface area contributed by atoms with Crippen LogP contribution in [0.1, 0.15) is 16.1 Å². The summed E-state index contributed by atoms with van der Waals surface area (Å²) in [7, 11) is 1.74. The largest absolute Gasteiger partial charge is 0.477 e. The number of benzene rings is 1. The second kappa shape index (κ2) is 5.43. The zero-order chi connectivity index (χ0) is 13.8. The predicted octanol–water partition coefficient (Wildman–Crippen LogP) is 1.95. The molecule has 0 aliphatic rings. The van der Waals surface area contributed by atoms with E-state index in [2.05, 4.69) is 9.97 Å². The second-order valence-electron chi connectivity index (χ2n) is 4.03. The molecule has 1 heterocycles. The number of aromatic nitrogens is 2. The Morgan fingerprint density at radius 1 is 1.32 bits per heavy atom. The van der Waals surface area contributed by atoms with Crippen LogP contribution in [0.4, 0.5) is 10.3 Å². The molecule has 0 atom stereocenters. The molecule has 1 N–H and O–H groups in total. The van der Waals surface area contributed by atoms with Gasteiger partial charge in [-0.15, -0.1) is 0 Å². The predicted molar refractivity (Wildman–Crippen MR) is 67.5 cm³/mol. The van der Waals surface area contributed by atoms with Crippen LogP contribution in [-0.2, 0) is 6.54 Å². The molecule has 0 amide bonds. The number of aromatic carboxylic acids is 1. The van der Waals surface area contributed by atoms with Gasteiger partial charge in [-0.05, 0) is 23.8 Å². The summed E-state index contributed by atoms with van der Waals surface area (Å²) in [6.45, 7) is 0.462. The van der Waals surface area contributed by atoms with Gasteiger partial charge < -0.3 is 10.0 Å². The highest BCUT2D eigenvalue weighted by Crippen LogP contribution is 2.11. The van der Waals surface area contributed by atoms with E-state index in [1.807, 2.05) is 0 Å². The van der Waals surface area contributed by atoms with Crippen molar-refractivity contribution in [2.45, 2.75) is 6.54 Å². The minimum absolute atomic E-state index is 0.0593. The number of hydrogen-bond acceptors (Lipinski definition) is 4. The highest BCUT2D eigenvalue weighted by Gasteiger charge is 2.10. The quantitative estimate of drug-likeness (QED) is 0.911. The first-order valence-electron chi connectivity index (χ1n) is 5.58. The Hall–Kier alpha value is -2.50. The minimum Gasteiger partial charge on any atom is -0.477 e. The van der Waals surface area contributed by atoms with Crippen molar-refractivity contribution in [2.24, 2.45) is 0 Å². The van der Waals surface area contributed by atoms with Crippen molar-refractivity contribution in [3.63, 3.8) is 0 Å². The third kappa shape index (κ3) is 3.25. The van der Waals surface area contributed by atoms with E-state index in [1.54, 1.807) is 24.1 Å². The number of hydrogen-bond donors (Lipinski definition) is 1. The van der Waals surface area contributed by atoms with Gasteiger partial charge in [0, 0.05) is 19.8 Å². The normalized spacial score (nSPS) is 10.2. The van der Waals surface area contributed by atoms with Gasteiger partial charge in [0.15, 0.2) is 5.69 Å². The van der Waals surface area contributed by atoms with E-state index in [1.165, 1.54) is 24.4 Å². The van der Waals surface area contributed by atoms with Crippen molar-refractivity contribution in [3.05, 3.63) is 53.6 Å². The fraction of sp³-hybridized carbons (Fsp3) is 0.154. The molecule has 5 nitrogen and oxygen atoms in total. The Balaban J connectivity index is 2.15. The fourth-order valence-electron chi connectivity index (χ4n) is 1.59. The molecule has 1 aromatic heterocycles. The van der Waals surface area contributed by atoms with Crippen LogP contribution >= 0.6 is 0 Å². The van der Waals surface area contributed by atoms with Gasteiger partial charge in [-0.2, -0.15) is 0 Å². The lowest BCUT2D eigenvalue weighted by Gasteiger charge is -2.17. The lowest BCUT2D eigenvalue weighted by Crippen LogP contribution is -2.20. The Morgan fingerprint density at radius 3 is 2.63 bits per heavy atom. The average molecular weight is 261 g/mol. The maximum atomic E-state index is 12.8. The van der Waals surface area contributed by atoms with E-state index in [4.69, 9.17) is 5.11 Å². The van der Waals surface area contributed by atoms with E-state index in [-0.39, 0.29) is 11.5 Å². The third-order valence-electron chi connectivity index (χ3n) is 2.54. The third-order valence-corrected chi connectivity index (χ3v) is 2.54. The summed E-state index contributed by atoms with van der Waals surface area (Å²) >= 11 is 0. The SMILES string of the molecule is CN(Cc1ccc(F)cc1)c1nccc(C(=O)O)n1. The van der Waals surface area contributed by atoms with Crippen LogP contribution in [0.15, 0.2) is 36.5 Å². The van der Waals surface area contributed by atoms with E-state index in [0.717, 1.165) is 5.56 Å². The summed E-state index contributed by atoms with van der Waals surface area (Å²) in [5, 5.41) is 8.86. The smallest absolute Gasteiger partial charge is 0.354 e. The molecular formula is C13H12FN3O2. The Kier molecular flexibility index (Phi) is 3.70. The van der Waals surface area contributed by atoms with Gasteiger partial charge in [0.25, 0.3) is 0 Å². The monoisotopic (exact) mass is 261 g/mol. The molecule has 0 saturated heterocycles. The van der Waals surface area contributed by atoms with Gasteiger partial charge >= 0.3 is 5.97 Å². The first-order valence-corrected chi connectivity index (χ1v) is 5.58. The Morgan fingerprint density at radius 2 is 2.00 bits per heavy atom. The summed E-state index contributed by atoms with van der Waals surface area (Å²) in [6.07, 6.45) is 1.40. The molecule has 19 heavy (non-hydrogen) atoms. The maximum Gasteiger partial charge on any atom is 0.354 e. The number of carbonyl (C=O) groups is 1. The standard InChI is InChI=1S/C13H12FN3O2/c1-17(8-9-2-4-10(14)5-3-9)13-15-7-6-11(16-13)12(18)19/h2-7H,8H2,1H3,(H,18,19). The molecule has 0 aliphatic carbocycles. The lowest BCUT2D eigenvalue weighted by molar-refractivity contribution is 0.0690. The summed E-state index contributed by atoms with van der Waals surface area (Å²) in [6, 6.07) is 7.40. The number of nitrogens with zero attached hydrogens (tertiary/aromatic N) is 3. The van der Waals surface area contributed by atoms with Gasteiger partial charge in [0.05, 0.1) is 0 Å². The molecular weight excluding hydrogens is 249 g/mol. The van der Waals surface area contributed by atoms with E-state index in [0.29, 0.717) is 12.5 Å². The van der Waals surface area contributed by atoms with Gasteiger partial charge in [-0.3, -0.25) is 0 Å². The molecule has 0 aliphatic heterocycles. The van der Waals surface area contributed by atoms with E-state index in [9.17, 15) is 9.18 Å². The van der Waals surface area contributed by atoms with Crippen molar-refractivity contribution in [3.8, 4) is 0 Å². The average Bonchev–Trinajstić information content (AvgIpc) is 2.41. The summed E-state index contributed by atoms with van der Waals surface area (Å²) < 4.78 is 12.8. The van der Waals surface area contributed by atoms with E-state index < -0.39 is 5.97 Å². The van der Waals surface area contributed by atoms with Gasteiger partial charge in [0.2, 0.25) is 5.95 Å².